The molecule has 0 radical (unpaired) electrons. The Hall–Kier alpha value is -3.49. The molecule has 0 aromatic carbocycles. The fraction of sp³-hybridized carbons (Fsp3) is 0.280. The van der Waals surface area contributed by atoms with Crippen LogP contribution in [0, 0.1) is 13.8 Å². The van der Waals surface area contributed by atoms with E-state index < -0.39 is 6.04 Å². The monoisotopic (exact) mass is 476 g/mol. The normalized spacial score (nSPS) is 18.8. The van der Waals surface area contributed by atoms with Gasteiger partial charge < -0.3 is 9.72 Å². The minimum Gasteiger partial charge on any atom is -0.377 e. The number of carbonyl (C=O) groups excluding carboxylic acids is 1. The van der Waals surface area contributed by atoms with Crippen molar-refractivity contribution in [3.8, 4) is 0 Å². The van der Waals surface area contributed by atoms with Crippen molar-refractivity contribution in [1.29, 1.82) is 0 Å². The van der Waals surface area contributed by atoms with Gasteiger partial charge in [-0.25, -0.2) is 4.98 Å². The van der Waals surface area contributed by atoms with E-state index in [1.165, 1.54) is 0 Å². The molecule has 0 spiro atoms. The van der Waals surface area contributed by atoms with E-state index in [4.69, 9.17) is 21.3 Å². The lowest BCUT2D eigenvalue weighted by molar-refractivity contribution is 0.0989. The molecule has 0 saturated heterocycles. The van der Waals surface area contributed by atoms with Crippen molar-refractivity contribution in [1.82, 2.24) is 24.6 Å². The van der Waals surface area contributed by atoms with Crippen molar-refractivity contribution >= 4 is 34.4 Å². The zero-order valence-corrected chi connectivity index (χ0v) is 20.1. The number of hydrogen-bond acceptors (Lipinski definition) is 5. The quantitative estimate of drug-likeness (QED) is 0.533. The van der Waals surface area contributed by atoms with Gasteiger partial charge in [-0.3, -0.25) is 14.1 Å². The van der Waals surface area contributed by atoms with Gasteiger partial charge in [0.1, 0.15) is 17.7 Å². The molecular weight excluding hydrogens is 452 g/mol. The molecule has 1 N–H and O–H groups in total. The van der Waals surface area contributed by atoms with Crippen LogP contribution in [0.15, 0.2) is 53.8 Å². The van der Waals surface area contributed by atoms with E-state index in [0.29, 0.717) is 41.0 Å². The number of hydrogen-bond donors (Lipinski definition) is 1. The molecule has 0 bridgehead atoms. The van der Waals surface area contributed by atoms with Gasteiger partial charge in [-0.05, 0) is 56.0 Å². The number of fused-ring (bicyclic) bond motifs is 2. The predicted octanol–water partition coefficient (Wildman–Crippen LogP) is 4.83. The van der Waals surface area contributed by atoms with Gasteiger partial charge in [0.15, 0.2) is 11.3 Å². The highest BCUT2D eigenvalue weighted by Gasteiger charge is 2.42. The Labute approximate surface area is 202 Å². The lowest BCUT2D eigenvalue weighted by Crippen LogP contribution is -2.30. The molecule has 2 aliphatic heterocycles. The second-order valence-electron chi connectivity index (χ2n) is 8.38. The Morgan fingerprint density at radius 1 is 1.32 bits per heavy atom. The topological polar surface area (TPSA) is 88.4 Å². The van der Waals surface area contributed by atoms with Crippen molar-refractivity contribution in [2.75, 3.05) is 18.1 Å². The summed E-state index contributed by atoms with van der Waals surface area (Å²) in [5, 5.41) is 9.00. The molecule has 3 aromatic rings. The van der Waals surface area contributed by atoms with Crippen LogP contribution in [0.4, 0.5) is 5.69 Å². The summed E-state index contributed by atoms with van der Waals surface area (Å²) < 4.78 is 7.31. The number of amides is 1. The maximum absolute atomic E-state index is 13.7. The molecule has 0 aliphatic carbocycles. The van der Waals surface area contributed by atoms with E-state index in [9.17, 15) is 4.79 Å². The van der Waals surface area contributed by atoms with Gasteiger partial charge in [-0.2, -0.15) is 0 Å². The molecule has 2 aliphatic rings. The number of aryl methyl sites for hydroxylation is 2. The largest absolute Gasteiger partial charge is 0.377 e. The summed E-state index contributed by atoms with van der Waals surface area (Å²) in [5.41, 5.74) is 5.27. The Bertz CT molecular complexity index is 1410. The number of H-pyrrole nitrogens is 1. The van der Waals surface area contributed by atoms with Gasteiger partial charge in [0.05, 0.1) is 24.6 Å². The number of ether oxygens (including phenoxy) is 1. The lowest BCUT2D eigenvalue weighted by Gasteiger charge is -2.26. The minimum atomic E-state index is -0.463. The molecule has 1 atom stereocenters. The second-order valence-corrected chi connectivity index (χ2v) is 8.82. The molecule has 1 amide bonds. The maximum Gasteiger partial charge on any atom is 0.279 e. The first kappa shape index (κ1) is 22.3. The first-order valence-corrected chi connectivity index (χ1v) is 11.5. The van der Waals surface area contributed by atoms with Gasteiger partial charge in [-0.15, -0.1) is 10.2 Å². The van der Waals surface area contributed by atoms with Crippen LogP contribution in [-0.4, -0.2) is 43.7 Å². The van der Waals surface area contributed by atoms with Crippen LogP contribution >= 0.6 is 11.6 Å². The minimum absolute atomic E-state index is 0.189. The third-order valence-electron chi connectivity index (χ3n) is 6.16. The van der Waals surface area contributed by atoms with E-state index in [-0.39, 0.29) is 5.91 Å². The number of rotatable bonds is 5. The molecule has 5 heterocycles. The molecule has 0 saturated carbocycles. The summed E-state index contributed by atoms with van der Waals surface area (Å²) in [4.78, 5) is 23.6. The van der Waals surface area contributed by atoms with Crippen molar-refractivity contribution in [2.45, 2.75) is 33.2 Å². The molecule has 3 aromatic heterocycles. The smallest absolute Gasteiger partial charge is 0.279 e. The van der Waals surface area contributed by atoms with Gasteiger partial charge >= 0.3 is 0 Å². The van der Waals surface area contributed by atoms with Crippen LogP contribution in [0.2, 0.25) is 0 Å². The number of aromatic amines is 1. The fourth-order valence-corrected chi connectivity index (χ4v) is 4.44. The van der Waals surface area contributed by atoms with E-state index >= 15 is 0 Å². The molecule has 34 heavy (non-hydrogen) atoms. The molecular formula is C25H25ClN6O2. The van der Waals surface area contributed by atoms with Crippen LogP contribution in [0.1, 0.15) is 52.8 Å². The molecule has 0 fully saturated rings. The highest BCUT2D eigenvalue weighted by Crippen LogP contribution is 2.42. The number of nitrogens with one attached hydrogen (secondary N) is 1. The zero-order valence-electron chi connectivity index (χ0n) is 19.3. The van der Waals surface area contributed by atoms with E-state index in [2.05, 4.69) is 21.8 Å². The predicted molar refractivity (Wildman–Crippen MR) is 132 cm³/mol. The van der Waals surface area contributed by atoms with Gasteiger partial charge in [0, 0.05) is 11.2 Å². The van der Waals surface area contributed by atoms with E-state index in [1.54, 1.807) is 17.1 Å². The van der Waals surface area contributed by atoms with Crippen LogP contribution in [0.5, 0.6) is 0 Å². The Balaban J connectivity index is 1.63. The summed E-state index contributed by atoms with van der Waals surface area (Å²) in [6, 6.07) is 1.48. The van der Waals surface area contributed by atoms with Crippen molar-refractivity contribution < 1.29 is 9.53 Å². The third kappa shape index (κ3) is 3.69. The Kier molecular flexibility index (Phi) is 5.71. The van der Waals surface area contributed by atoms with Crippen LogP contribution in [-0.2, 0) is 4.74 Å². The van der Waals surface area contributed by atoms with Crippen LogP contribution in [0.3, 0.4) is 0 Å². The highest BCUT2D eigenvalue weighted by atomic mass is 35.5. The number of anilines is 1. The SMILES string of the molecule is C=C(/C=C\C(Cl)=C/C)[C@@H]1c2[nH]c(C3=CCOCC3)nc2C(=O)N1c1cc(C)c2nnc(C)n2c1. The number of aromatic nitrogens is 5. The van der Waals surface area contributed by atoms with Gasteiger partial charge in [0.2, 0.25) is 0 Å². The summed E-state index contributed by atoms with van der Waals surface area (Å²) in [6.45, 7) is 11.2. The average molecular weight is 477 g/mol. The van der Waals surface area contributed by atoms with Gasteiger partial charge in [-0.1, -0.05) is 36.4 Å². The second kappa shape index (κ2) is 8.70. The maximum atomic E-state index is 13.7. The molecule has 174 valence electrons. The number of carbonyl (C=O) groups is 1. The van der Waals surface area contributed by atoms with Gasteiger partial charge in [0.25, 0.3) is 5.91 Å². The number of imidazole rings is 1. The molecule has 0 unspecified atom stereocenters. The summed E-state index contributed by atoms with van der Waals surface area (Å²) in [6.07, 6.45) is 10.0. The number of pyridine rings is 1. The van der Waals surface area contributed by atoms with E-state index in [1.807, 2.05) is 49.6 Å². The zero-order chi connectivity index (χ0) is 24.0. The number of allylic oxidation sites excluding steroid dienone is 3. The number of halogens is 1. The first-order chi connectivity index (χ1) is 16.4. The summed E-state index contributed by atoms with van der Waals surface area (Å²) in [5.74, 6) is 1.26. The molecule has 8 nitrogen and oxygen atoms in total. The Morgan fingerprint density at radius 2 is 2.15 bits per heavy atom. The van der Waals surface area contributed by atoms with E-state index in [0.717, 1.165) is 34.7 Å². The lowest BCUT2D eigenvalue weighted by atomic mass is 10.0. The molecule has 9 heteroatoms. The standard InChI is InChI=1S/C25H25ClN6O2/c1-5-18(26)7-6-14(2)22-20-21(28-23(27-20)17-8-10-34-11-9-17)25(33)32(22)19-12-15(3)24-30-29-16(4)31(24)13-19/h5-8,12-13,22H,2,9-11H2,1,3-4H3,(H,27,28)/b7-6-,18-5+/t22-/m1/s1. The van der Waals surface area contributed by atoms with Crippen molar-refractivity contribution in [3.63, 3.8) is 0 Å². The van der Waals surface area contributed by atoms with Crippen LogP contribution < -0.4 is 4.90 Å². The van der Waals surface area contributed by atoms with Crippen molar-refractivity contribution in [2.24, 2.45) is 0 Å². The first-order valence-electron chi connectivity index (χ1n) is 11.1. The average Bonchev–Trinajstić information content (AvgIpc) is 3.51. The fourth-order valence-electron chi connectivity index (χ4n) is 4.37. The summed E-state index contributed by atoms with van der Waals surface area (Å²) >= 11 is 6.19. The summed E-state index contributed by atoms with van der Waals surface area (Å²) in [7, 11) is 0. The van der Waals surface area contributed by atoms with Crippen molar-refractivity contribution in [3.05, 3.63) is 82.4 Å². The van der Waals surface area contributed by atoms with Crippen LogP contribution in [0.25, 0.3) is 11.2 Å². The Morgan fingerprint density at radius 3 is 2.88 bits per heavy atom. The number of nitrogens with zero attached hydrogens (tertiary/aromatic N) is 5. The third-order valence-corrected chi connectivity index (χ3v) is 6.50. The highest BCUT2D eigenvalue weighted by molar-refractivity contribution is 6.31. The molecule has 5 rings (SSSR count).